The van der Waals surface area contributed by atoms with E-state index in [4.69, 9.17) is 0 Å². The minimum atomic E-state index is 0.384. The van der Waals surface area contributed by atoms with Crippen LogP contribution < -0.4 is 5.32 Å². The average molecular weight is 261 g/mol. The Balaban J connectivity index is 1.95. The van der Waals surface area contributed by atoms with Crippen LogP contribution in [0.3, 0.4) is 0 Å². The van der Waals surface area contributed by atoms with Gasteiger partial charge in [0.05, 0.1) is 0 Å². The fourth-order valence-electron chi connectivity index (χ4n) is 2.93. The Labute approximate surface area is 117 Å². The third-order valence-corrected chi connectivity index (χ3v) is 4.00. The van der Waals surface area contributed by atoms with Crippen LogP contribution in [0.15, 0.2) is 6.07 Å². The van der Waals surface area contributed by atoms with Gasteiger partial charge in [0.1, 0.15) is 11.6 Å². The van der Waals surface area contributed by atoms with Gasteiger partial charge in [0, 0.05) is 24.2 Å². The molecule has 0 bridgehead atoms. The number of nitrogens with one attached hydrogen (secondary N) is 1. The van der Waals surface area contributed by atoms with E-state index < -0.39 is 0 Å². The van der Waals surface area contributed by atoms with Crippen LogP contribution in [0, 0.1) is 18.8 Å². The molecule has 19 heavy (non-hydrogen) atoms. The van der Waals surface area contributed by atoms with Crippen molar-refractivity contribution in [1.29, 1.82) is 0 Å². The van der Waals surface area contributed by atoms with Crippen molar-refractivity contribution in [2.45, 2.75) is 59.3 Å². The van der Waals surface area contributed by atoms with E-state index in [2.05, 4.69) is 42.1 Å². The van der Waals surface area contributed by atoms with Crippen molar-refractivity contribution < 1.29 is 0 Å². The van der Waals surface area contributed by atoms with Gasteiger partial charge >= 0.3 is 0 Å². The first kappa shape index (κ1) is 14.3. The van der Waals surface area contributed by atoms with Gasteiger partial charge in [-0.25, -0.2) is 9.97 Å². The highest BCUT2D eigenvalue weighted by atomic mass is 15.0. The topological polar surface area (TPSA) is 37.8 Å². The van der Waals surface area contributed by atoms with Crippen molar-refractivity contribution in [3.8, 4) is 0 Å². The summed E-state index contributed by atoms with van der Waals surface area (Å²) in [6.07, 6.45) is 5.50. The molecule has 0 saturated heterocycles. The van der Waals surface area contributed by atoms with Crippen molar-refractivity contribution in [3.63, 3.8) is 0 Å². The van der Waals surface area contributed by atoms with Crippen LogP contribution in [-0.2, 0) is 0 Å². The Morgan fingerprint density at radius 1 is 1.32 bits per heavy atom. The standard InChI is InChI=1S/C16H27N3/c1-11(2)16-18-13(4)9-15(19-16)17-10-14-7-5-6-12(3)8-14/h9,11-12,14H,5-8,10H2,1-4H3,(H,17,18,19). The summed E-state index contributed by atoms with van der Waals surface area (Å²) in [5.41, 5.74) is 1.05. The van der Waals surface area contributed by atoms with E-state index in [1.54, 1.807) is 0 Å². The largest absolute Gasteiger partial charge is 0.370 e. The molecule has 1 aliphatic carbocycles. The predicted octanol–water partition coefficient (Wildman–Crippen LogP) is 4.15. The maximum absolute atomic E-state index is 4.61. The Hall–Kier alpha value is -1.12. The quantitative estimate of drug-likeness (QED) is 0.885. The summed E-state index contributed by atoms with van der Waals surface area (Å²) in [7, 11) is 0. The minimum Gasteiger partial charge on any atom is -0.370 e. The highest BCUT2D eigenvalue weighted by molar-refractivity contribution is 5.36. The normalized spacial score (nSPS) is 23.6. The van der Waals surface area contributed by atoms with Gasteiger partial charge in [-0.1, -0.05) is 33.6 Å². The lowest BCUT2D eigenvalue weighted by Crippen LogP contribution is -2.21. The molecule has 0 aromatic carbocycles. The second-order valence-electron chi connectivity index (χ2n) is 6.43. The van der Waals surface area contributed by atoms with Crippen molar-refractivity contribution in [1.82, 2.24) is 9.97 Å². The molecule has 0 radical (unpaired) electrons. The van der Waals surface area contributed by atoms with E-state index in [0.29, 0.717) is 5.92 Å². The van der Waals surface area contributed by atoms with E-state index in [1.807, 2.05) is 6.92 Å². The number of anilines is 1. The Kier molecular flexibility index (Phi) is 4.78. The van der Waals surface area contributed by atoms with Gasteiger partial charge in [-0.05, 0) is 31.6 Å². The third kappa shape index (κ3) is 4.19. The summed E-state index contributed by atoms with van der Waals surface area (Å²) >= 11 is 0. The van der Waals surface area contributed by atoms with Crippen LogP contribution in [0.25, 0.3) is 0 Å². The monoisotopic (exact) mass is 261 g/mol. The number of aromatic nitrogens is 2. The van der Waals surface area contributed by atoms with Crippen molar-refractivity contribution in [2.24, 2.45) is 11.8 Å². The van der Waals surface area contributed by atoms with Gasteiger partial charge in [-0.3, -0.25) is 0 Å². The van der Waals surface area contributed by atoms with Gasteiger partial charge in [0.25, 0.3) is 0 Å². The SMILES string of the molecule is Cc1cc(NCC2CCCC(C)C2)nc(C(C)C)n1. The zero-order chi connectivity index (χ0) is 13.8. The molecule has 0 spiro atoms. The van der Waals surface area contributed by atoms with E-state index in [0.717, 1.165) is 35.7 Å². The summed E-state index contributed by atoms with van der Waals surface area (Å²) < 4.78 is 0. The lowest BCUT2D eigenvalue weighted by atomic mass is 9.82. The third-order valence-electron chi connectivity index (χ3n) is 4.00. The van der Waals surface area contributed by atoms with Gasteiger partial charge < -0.3 is 5.32 Å². The lowest BCUT2D eigenvalue weighted by Gasteiger charge is -2.27. The van der Waals surface area contributed by atoms with Gasteiger partial charge in [0.2, 0.25) is 0 Å². The Bertz CT molecular complexity index is 414. The smallest absolute Gasteiger partial charge is 0.133 e. The van der Waals surface area contributed by atoms with Crippen LogP contribution in [-0.4, -0.2) is 16.5 Å². The second kappa shape index (κ2) is 6.36. The number of hydrogen-bond acceptors (Lipinski definition) is 3. The molecule has 1 saturated carbocycles. The first-order valence-electron chi connectivity index (χ1n) is 7.64. The number of nitrogens with zero attached hydrogens (tertiary/aromatic N) is 2. The molecule has 1 aromatic heterocycles. The van der Waals surface area contributed by atoms with Crippen LogP contribution in [0.5, 0.6) is 0 Å². The molecular formula is C16H27N3. The van der Waals surface area contributed by atoms with Crippen molar-refractivity contribution in [2.75, 3.05) is 11.9 Å². The number of rotatable bonds is 4. The summed E-state index contributed by atoms with van der Waals surface area (Å²) in [6, 6.07) is 2.05. The average Bonchev–Trinajstić information content (AvgIpc) is 2.36. The molecule has 1 aromatic rings. The molecule has 2 atom stereocenters. The maximum atomic E-state index is 4.61. The van der Waals surface area contributed by atoms with Gasteiger partial charge in [0.15, 0.2) is 0 Å². The molecule has 106 valence electrons. The molecular weight excluding hydrogens is 234 g/mol. The molecule has 0 amide bonds. The maximum Gasteiger partial charge on any atom is 0.133 e. The summed E-state index contributed by atoms with van der Waals surface area (Å²) in [5, 5.41) is 3.52. The van der Waals surface area contributed by atoms with Crippen LogP contribution in [0.4, 0.5) is 5.82 Å². The molecule has 2 unspecified atom stereocenters. The molecule has 1 fully saturated rings. The van der Waals surface area contributed by atoms with E-state index in [9.17, 15) is 0 Å². The summed E-state index contributed by atoms with van der Waals surface area (Å²) in [5.74, 6) is 4.02. The highest BCUT2D eigenvalue weighted by Gasteiger charge is 2.18. The molecule has 3 heteroatoms. The summed E-state index contributed by atoms with van der Waals surface area (Å²) in [4.78, 5) is 9.10. The molecule has 0 aliphatic heterocycles. The van der Waals surface area contributed by atoms with Crippen molar-refractivity contribution >= 4 is 5.82 Å². The van der Waals surface area contributed by atoms with Crippen LogP contribution in [0.1, 0.15) is 63.9 Å². The van der Waals surface area contributed by atoms with Crippen molar-refractivity contribution in [3.05, 3.63) is 17.6 Å². The highest BCUT2D eigenvalue weighted by Crippen LogP contribution is 2.28. The van der Waals surface area contributed by atoms with E-state index in [1.165, 1.54) is 25.7 Å². The van der Waals surface area contributed by atoms with E-state index in [-0.39, 0.29) is 0 Å². The molecule has 1 N–H and O–H groups in total. The molecule has 1 heterocycles. The minimum absolute atomic E-state index is 0.384. The predicted molar refractivity (Wildman–Crippen MR) is 80.5 cm³/mol. The first-order valence-corrected chi connectivity index (χ1v) is 7.64. The fourth-order valence-corrected chi connectivity index (χ4v) is 2.93. The van der Waals surface area contributed by atoms with Crippen LogP contribution >= 0.6 is 0 Å². The molecule has 3 nitrogen and oxygen atoms in total. The molecule has 2 rings (SSSR count). The second-order valence-corrected chi connectivity index (χ2v) is 6.43. The van der Waals surface area contributed by atoms with Crippen LogP contribution in [0.2, 0.25) is 0 Å². The Morgan fingerprint density at radius 3 is 2.79 bits per heavy atom. The first-order chi connectivity index (χ1) is 9.04. The zero-order valence-electron chi connectivity index (χ0n) is 12.7. The van der Waals surface area contributed by atoms with Gasteiger partial charge in [-0.15, -0.1) is 0 Å². The summed E-state index contributed by atoms with van der Waals surface area (Å²) in [6.45, 7) is 9.75. The van der Waals surface area contributed by atoms with E-state index >= 15 is 0 Å². The number of hydrogen-bond donors (Lipinski definition) is 1. The van der Waals surface area contributed by atoms with Gasteiger partial charge in [-0.2, -0.15) is 0 Å². The number of aryl methyl sites for hydroxylation is 1. The zero-order valence-corrected chi connectivity index (χ0v) is 12.7. The molecule has 1 aliphatic rings. The Morgan fingerprint density at radius 2 is 2.11 bits per heavy atom. The lowest BCUT2D eigenvalue weighted by molar-refractivity contribution is 0.293. The fraction of sp³-hybridized carbons (Fsp3) is 0.750.